The zero-order valence-electron chi connectivity index (χ0n) is 13.4. The predicted octanol–water partition coefficient (Wildman–Crippen LogP) is 2.35. The van der Waals surface area contributed by atoms with Gasteiger partial charge < -0.3 is 19.9 Å². The van der Waals surface area contributed by atoms with Gasteiger partial charge in [-0.15, -0.1) is 0 Å². The van der Waals surface area contributed by atoms with E-state index in [2.05, 4.69) is 33.0 Å². The summed E-state index contributed by atoms with van der Waals surface area (Å²) in [5, 5.41) is 12.9. The third-order valence-electron chi connectivity index (χ3n) is 3.88. The van der Waals surface area contributed by atoms with Gasteiger partial charge in [0.05, 0.1) is 12.2 Å². The highest BCUT2D eigenvalue weighted by atomic mass is 16.5. The van der Waals surface area contributed by atoms with Crippen LogP contribution in [0.2, 0.25) is 0 Å². The zero-order valence-corrected chi connectivity index (χ0v) is 13.4. The van der Waals surface area contributed by atoms with E-state index in [0.29, 0.717) is 0 Å². The number of hydrogen-bond donors (Lipinski definition) is 2. The van der Waals surface area contributed by atoms with Gasteiger partial charge in [-0.25, -0.2) is 0 Å². The molecule has 4 heteroatoms. The average molecular weight is 275 g/mol. The second-order valence-electron chi connectivity index (χ2n) is 5.75. The summed E-state index contributed by atoms with van der Waals surface area (Å²) in [4.78, 5) is 0. The van der Waals surface area contributed by atoms with Gasteiger partial charge in [0.15, 0.2) is 0 Å². The van der Waals surface area contributed by atoms with Crippen LogP contribution in [0.15, 0.2) is 0 Å². The van der Waals surface area contributed by atoms with E-state index in [9.17, 15) is 5.11 Å². The van der Waals surface area contributed by atoms with Gasteiger partial charge in [-0.2, -0.15) is 0 Å². The van der Waals surface area contributed by atoms with Crippen molar-refractivity contribution in [3.8, 4) is 0 Å². The van der Waals surface area contributed by atoms with Crippen molar-refractivity contribution in [3.63, 3.8) is 0 Å². The van der Waals surface area contributed by atoms with E-state index in [1.54, 1.807) is 7.11 Å². The molecule has 0 aromatic carbocycles. The van der Waals surface area contributed by atoms with Crippen LogP contribution in [0, 0.1) is 0 Å². The van der Waals surface area contributed by atoms with Crippen molar-refractivity contribution < 1.29 is 14.6 Å². The average Bonchev–Trinajstić information content (AvgIpc) is 2.41. The number of methoxy groups -OCH3 is 1. The number of likely N-dealkylation sites (N-methyl/N-ethyl adjacent to an activating group) is 1. The molecule has 0 amide bonds. The maximum atomic E-state index is 9.53. The molecule has 1 atom stereocenters. The standard InChI is InChI=1S/C15H33NO3/c1-6-15(13-17,16-7-2)9-8-11-19-12-10-14(3,4)18-5/h16-17H,6-13H2,1-5H3. The van der Waals surface area contributed by atoms with Crippen LogP contribution in [0.5, 0.6) is 0 Å². The van der Waals surface area contributed by atoms with E-state index < -0.39 is 0 Å². The molecule has 0 heterocycles. The first-order chi connectivity index (χ1) is 8.95. The highest BCUT2D eigenvalue weighted by molar-refractivity contribution is 4.85. The minimum absolute atomic E-state index is 0.109. The van der Waals surface area contributed by atoms with E-state index in [4.69, 9.17) is 9.47 Å². The van der Waals surface area contributed by atoms with Gasteiger partial charge in [0.2, 0.25) is 0 Å². The number of ether oxygens (including phenoxy) is 2. The van der Waals surface area contributed by atoms with Gasteiger partial charge in [0.1, 0.15) is 0 Å². The molecule has 4 nitrogen and oxygen atoms in total. The lowest BCUT2D eigenvalue weighted by molar-refractivity contribution is -0.0110. The molecule has 19 heavy (non-hydrogen) atoms. The molecule has 0 rings (SSSR count). The second-order valence-corrected chi connectivity index (χ2v) is 5.75. The highest BCUT2D eigenvalue weighted by Crippen LogP contribution is 2.17. The normalized spacial score (nSPS) is 15.5. The molecule has 0 saturated carbocycles. The summed E-state index contributed by atoms with van der Waals surface area (Å²) in [6.45, 7) is 10.9. The van der Waals surface area contributed by atoms with Crippen LogP contribution in [0.25, 0.3) is 0 Å². The highest BCUT2D eigenvalue weighted by Gasteiger charge is 2.25. The fourth-order valence-electron chi connectivity index (χ4n) is 2.05. The van der Waals surface area contributed by atoms with E-state index in [1.807, 2.05) is 0 Å². The van der Waals surface area contributed by atoms with Crippen molar-refractivity contribution in [3.05, 3.63) is 0 Å². The minimum Gasteiger partial charge on any atom is -0.394 e. The molecule has 0 aromatic rings. The van der Waals surface area contributed by atoms with Crippen LogP contribution in [0.1, 0.15) is 53.4 Å². The Bertz CT molecular complexity index is 215. The van der Waals surface area contributed by atoms with Gasteiger partial charge >= 0.3 is 0 Å². The lowest BCUT2D eigenvalue weighted by Gasteiger charge is -2.32. The molecular formula is C15H33NO3. The van der Waals surface area contributed by atoms with Gasteiger partial charge in [-0.3, -0.25) is 0 Å². The second kappa shape index (κ2) is 9.70. The summed E-state index contributed by atoms with van der Waals surface area (Å²) in [6.07, 6.45) is 3.75. The summed E-state index contributed by atoms with van der Waals surface area (Å²) in [5.41, 5.74) is -0.244. The summed E-state index contributed by atoms with van der Waals surface area (Å²) >= 11 is 0. The lowest BCUT2D eigenvalue weighted by Crippen LogP contribution is -2.48. The molecule has 0 aliphatic rings. The molecule has 0 aromatic heterocycles. The predicted molar refractivity (Wildman–Crippen MR) is 79.5 cm³/mol. The van der Waals surface area contributed by atoms with Crippen LogP contribution >= 0.6 is 0 Å². The molecule has 0 bridgehead atoms. The number of aliphatic hydroxyl groups excluding tert-OH is 1. The molecule has 116 valence electrons. The van der Waals surface area contributed by atoms with E-state index >= 15 is 0 Å². The quantitative estimate of drug-likeness (QED) is 0.537. The number of aliphatic hydroxyl groups is 1. The van der Waals surface area contributed by atoms with E-state index in [-0.39, 0.29) is 17.7 Å². The number of rotatable bonds is 12. The Morgan fingerprint density at radius 3 is 2.26 bits per heavy atom. The molecule has 1 unspecified atom stereocenters. The topological polar surface area (TPSA) is 50.7 Å². The fraction of sp³-hybridized carbons (Fsp3) is 1.00. The first-order valence-corrected chi connectivity index (χ1v) is 7.44. The molecule has 0 spiro atoms. The van der Waals surface area contributed by atoms with Crippen molar-refractivity contribution in [2.75, 3.05) is 33.5 Å². The van der Waals surface area contributed by atoms with Crippen LogP contribution in [-0.2, 0) is 9.47 Å². The monoisotopic (exact) mass is 275 g/mol. The smallest absolute Gasteiger partial charge is 0.0644 e. The first kappa shape index (κ1) is 18.8. The number of hydrogen-bond acceptors (Lipinski definition) is 4. The van der Waals surface area contributed by atoms with Gasteiger partial charge in [0.25, 0.3) is 0 Å². The van der Waals surface area contributed by atoms with Crippen LogP contribution in [0.3, 0.4) is 0 Å². The van der Waals surface area contributed by atoms with Crippen molar-refractivity contribution in [1.29, 1.82) is 0 Å². The van der Waals surface area contributed by atoms with Crippen molar-refractivity contribution in [2.45, 2.75) is 64.5 Å². The summed E-state index contributed by atoms with van der Waals surface area (Å²) in [7, 11) is 1.73. The van der Waals surface area contributed by atoms with Crippen molar-refractivity contribution in [1.82, 2.24) is 5.32 Å². The first-order valence-electron chi connectivity index (χ1n) is 7.44. The zero-order chi connectivity index (χ0) is 14.8. The molecule has 0 aliphatic carbocycles. The van der Waals surface area contributed by atoms with Gasteiger partial charge in [0, 0.05) is 25.9 Å². The van der Waals surface area contributed by atoms with E-state index in [0.717, 1.165) is 45.4 Å². The maximum Gasteiger partial charge on any atom is 0.0644 e. The Hall–Kier alpha value is -0.160. The molecule has 0 fully saturated rings. The molecule has 0 radical (unpaired) electrons. The van der Waals surface area contributed by atoms with Crippen LogP contribution in [0.4, 0.5) is 0 Å². The molecule has 2 N–H and O–H groups in total. The molecule has 0 aliphatic heterocycles. The molecular weight excluding hydrogens is 242 g/mol. The third-order valence-corrected chi connectivity index (χ3v) is 3.88. The Balaban J connectivity index is 3.78. The Morgan fingerprint density at radius 2 is 1.79 bits per heavy atom. The Labute approximate surface area is 118 Å². The van der Waals surface area contributed by atoms with Gasteiger partial charge in [-0.1, -0.05) is 13.8 Å². The van der Waals surface area contributed by atoms with Crippen molar-refractivity contribution in [2.24, 2.45) is 0 Å². The summed E-state index contributed by atoms with van der Waals surface area (Å²) in [6, 6.07) is 0. The minimum atomic E-state index is -0.135. The maximum absolute atomic E-state index is 9.53. The summed E-state index contributed by atoms with van der Waals surface area (Å²) < 4.78 is 11.0. The Kier molecular flexibility index (Phi) is 9.62. The largest absolute Gasteiger partial charge is 0.394 e. The Morgan fingerprint density at radius 1 is 1.11 bits per heavy atom. The fourth-order valence-corrected chi connectivity index (χ4v) is 2.05. The number of nitrogens with one attached hydrogen (secondary N) is 1. The lowest BCUT2D eigenvalue weighted by atomic mass is 9.91. The third kappa shape index (κ3) is 7.88. The summed E-state index contributed by atoms with van der Waals surface area (Å²) in [5.74, 6) is 0. The van der Waals surface area contributed by atoms with Crippen molar-refractivity contribution >= 4 is 0 Å². The SMILES string of the molecule is CCNC(CC)(CO)CCCOCCC(C)(C)OC. The van der Waals surface area contributed by atoms with Crippen LogP contribution < -0.4 is 5.32 Å². The van der Waals surface area contributed by atoms with Gasteiger partial charge in [-0.05, 0) is 46.1 Å². The van der Waals surface area contributed by atoms with Crippen LogP contribution in [-0.4, -0.2) is 49.7 Å². The molecule has 0 saturated heterocycles. The van der Waals surface area contributed by atoms with E-state index in [1.165, 1.54) is 0 Å².